The van der Waals surface area contributed by atoms with Gasteiger partial charge in [0.1, 0.15) is 23.2 Å². The average Bonchev–Trinajstić information content (AvgIpc) is 3.62. The van der Waals surface area contributed by atoms with Crippen molar-refractivity contribution in [2.24, 2.45) is 5.92 Å². The SMILES string of the molecule is Cc1[nH]c2c(-c3ccc(F)cc3OCC3CC3)ccnc2c1C(=O)NC1CCN(C(=O)[C@H](C)O)CC1. The smallest absolute Gasteiger partial charge is 0.255 e. The molecule has 3 heterocycles. The number of pyridine rings is 1. The molecule has 2 aliphatic rings. The van der Waals surface area contributed by atoms with Gasteiger partial charge < -0.3 is 25.0 Å². The molecule has 190 valence electrons. The van der Waals surface area contributed by atoms with Crippen LogP contribution in [0.3, 0.4) is 0 Å². The van der Waals surface area contributed by atoms with E-state index in [9.17, 15) is 19.1 Å². The molecule has 1 aromatic carbocycles. The number of carbonyl (C=O) groups is 2. The van der Waals surface area contributed by atoms with Crippen molar-refractivity contribution in [1.29, 1.82) is 0 Å². The van der Waals surface area contributed by atoms with Gasteiger partial charge in [-0.3, -0.25) is 14.6 Å². The maximum Gasteiger partial charge on any atom is 0.255 e. The van der Waals surface area contributed by atoms with E-state index in [-0.39, 0.29) is 23.7 Å². The van der Waals surface area contributed by atoms with E-state index in [1.807, 2.05) is 13.0 Å². The normalized spacial score (nSPS) is 17.3. The van der Waals surface area contributed by atoms with Crippen molar-refractivity contribution in [2.45, 2.75) is 51.7 Å². The van der Waals surface area contributed by atoms with Gasteiger partial charge in [-0.05, 0) is 63.6 Å². The molecule has 2 amide bonds. The lowest BCUT2D eigenvalue weighted by atomic mass is 10.0. The van der Waals surface area contributed by atoms with Gasteiger partial charge in [-0.1, -0.05) is 0 Å². The summed E-state index contributed by atoms with van der Waals surface area (Å²) in [6, 6.07) is 6.27. The summed E-state index contributed by atoms with van der Waals surface area (Å²) in [6.07, 6.45) is 4.12. The van der Waals surface area contributed by atoms with Crippen molar-refractivity contribution in [3.8, 4) is 16.9 Å². The molecule has 0 spiro atoms. The first-order valence-electron chi connectivity index (χ1n) is 12.5. The van der Waals surface area contributed by atoms with Crippen LogP contribution in [0.25, 0.3) is 22.2 Å². The van der Waals surface area contributed by atoms with E-state index < -0.39 is 6.10 Å². The van der Waals surface area contributed by atoms with Gasteiger partial charge in [0.15, 0.2) is 0 Å². The number of rotatable bonds is 7. The number of benzene rings is 1. The number of piperidine rings is 1. The van der Waals surface area contributed by atoms with E-state index in [4.69, 9.17) is 4.74 Å². The Bertz CT molecular complexity index is 1290. The number of nitrogens with one attached hydrogen (secondary N) is 2. The van der Waals surface area contributed by atoms with Crippen LogP contribution in [0.2, 0.25) is 0 Å². The second-order valence-electron chi connectivity index (χ2n) is 9.85. The molecule has 1 atom stereocenters. The van der Waals surface area contributed by atoms with Crippen LogP contribution >= 0.6 is 0 Å². The van der Waals surface area contributed by atoms with E-state index in [0.717, 1.165) is 24.0 Å². The molecular formula is C27H31FN4O4. The first-order valence-corrected chi connectivity index (χ1v) is 12.5. The molecule has 2 aromatic heterocycles. The molecule has 2 fully saturated rings. The van der Waals surface area contributed by atoms with E-state index in [1.165, 1.54) is 19.1 Å². The highest BCUT2D eigenvalue weighted by atomic mass is 19.1. The van der Waals surface area contributed by atoms with Gasteiger partial charge in [0.2, 0.25) is 0 Å². The lowest BCUT2D eigenvalue weighted by molar-refractivity contribution is -0.140. The molecule has 9 heteroatoms. The number of aliphatic hydroxyl groups excluding tert-OH is 1. The average molecular weight is 495 g/mol. The number of likely N-dealkylation sites (tertiary alicyclic amines) is 1. The Morgan fingerprint density at radius 2 is 1.97 bits per heavy atom. The Kier molecular flexibility index (Phi) is 6.66. The zero-order valence-electron chi connectivity index (χ0n) is 20.5. The Morgan fingerprint density at radius 1 is 1.22 bits per heavy atom. The molecular weight excluding hydrogens is 463 g/mol. The van der Waals surface area contributed by atoms with Gasteiger partial charge in [-0.15, -0.1) is 0 Å². The van der Waals surface area contributed by atoms with E-state index in [1.54, 1.807) is 17.2 Å². The summed E-state index contributed by atoms with van der Waals surface area (Å²) in [5.41, 5.74) is 3.93. The molecule has 8 nitrogen and oxygen atoms in total. The summed E-state index contributed by atoms with van der Waals surface area (Å²) in [6.45, 7) is 4.82. The van der Waals surface area contributed by atoms with E-state index >= 15 is 0 Å². The number of nitrogens with zero attached hydrogens (tertiary/aromatic N) is 2. The molecule has 0 unspecified atom stereocenters. The summed E-state index contributed by atoms with van der Waals surface area (Å²) in [5, 5.41) is 12.6. The third kappa shape index (κ3) is 4.93. The minimum Gasteiger partial charge on any atom is -0.493 e. The van der Waals surface area contributed by atoms with Crippen LogP contribution in [-0.2, 0) is 4.79 Å². The topological polar surface area (TPSA) is 108 Å². The zero-order valence-corrected chi connectivity index (χ0v) is 20.5. The molecule has 1 aliphatic carbocycles. The second-order valence-corrected chi connectivity index (χ2v) is 9.85. The van der Waals surface area contributed by atoms with Crippen molar-refractivity contribution in [1.82, 2.24) is 20.2 Å². The maximum absolute atomic E-state index is 14.0. The van der Waals surface area contributed by atoms with Gasteiger partial charge in [0.25, 0.3) is 11.8 Å². The van der Waals surface area contributed by atoms with Gasteiger partial charge in [0.05, 0.1) is 17.7 Å². The molecule has 5 rings (SSSR count). The predicted octanol–water partition coefficient (Wildman–Crippen LogP) is 3.57. The summed E-state index contributed by atoms with van der Waals surface area (Å²) in [7, 11) is 0. The third-order valence-corrected chi connectivity index (χ3v) is 7.01. The highest BCUT2D eigenvalue weighted by Gasteiger charge is 2.28. The Labute approximate surface area is 208 Å². The number of aliphatic hydroxyl groups is 1. The number of ether oxygens (including phenoxy) is 1. The van der Waals surface area contributed by atoms with E-state index in [2.05, 4.69) is 15.3 Å². The number of aromatic amines is 1. The first kappa shape index (κ1) is 24.2. The minimum absolute atomic E-state index is 0.0809. The van der Waals surface area contributed by atoms with Crippen molar-refractivity contribution < 1.29 is 23.8 Å². The van der Waals surface area contributed by atoms with Gasteiger partial charge in [0, 0.05) is 48.2 Å². The Morgan fingerprint density at radius 3 is 2.67 bits per heavy atom. The van der Waals surface area contributed by atoms with Gasteiger partial charge >= 0.3 is 0 Å². The summed E-state index contributed by atoms with van der Waals surface area (Å²) < 4.78 is 20.0. The van der Waals surface area contributed by atoms with E-state index in [0.29, 0.717) is 66.5 Å². The third-order valence-electron chi connectivity index (χ3n) is 7.01. The van der Waals surface area contributed by atoms with Gasteiger partial charge in [-0.2, -0.15) is 0 Å². The number of fused-ring (bicyclic) bond motifs is 1. The fourth-order valence-electron chi connectivity index (χ4n) is 4.80. The summed E-state index contributed by atoms with van der Waals surface area (Å²) in [5.74, 6) is 0.127. The minimum atomic E-state index is -1.02. The van der Waals surface area contributed by atoms with Crippen molar-refractivity contribution in [2.75, 3.05) is 19.7 Å². The molecule has 1 saturated heterocycles. The number of halogens is 1. The molecule has 3 aromatic rings. The van der Waals surface area contributed by atoms with Crippen LogP contribution in [0.15, 0.2) is 30.5 Å². The predicted molar refractivity (Wildman–Crippen MR) is 133 cm³/mol. The molecule has 0 radical (unpaired) electrons. The van der Waals surface area contributed by atoms with Crippen molar-refractivity contribution >= 4 is 22.8 Å². The number of hydrogen-bond acceptors (Lipinski definition) is 5. The lowest BCUT2D eigenvalue weighted by Crippen LogP contribution is -2.48. The fourth-order valence-corrected chi connectivity index (χ4v) is 4.80. The second kappa shape index (κ2) is 9.89. The molecule has 36 heavy (non-hydrogen) atoms. The Hall–Kier alpha value is -3.46. The molecule has 1 aliphatic heterocycles. The van der Waals surface area contributed by atoms with Crippen LogP contribution in [-0.4, -0.2) is 63.6 Å². The van der Waals surface area contributed by atoms with Gasteiger partial charge in [-0.25, -0.2) is 4.39 Å². The monoisotopic (exact) mass is 494 g/mol. The van der Waals surface area contributed by atoms with Crippen LogP contribution in [0.5, 0.6) is 5.75 Å². The molecule has 3 N–H and O–H groups in total. The number of amides is 2. The number of carbonyl (C=O) groups excluding carboxylic acids is 2. The number of hydrogen-bond donors (Lipinski definition) is 3. The maximum atomic E-state index is 14.0. The highest BCUT2D eigenvalue weighted by molar-refractivity contribution is 6.09. The van der Waals surface area contributed by atoms with Crippen LogP contribution < -0.4 is 10.1 Å². The number of aromatic nitrogens is 2. The first-order chi connectivity index (χ1) is 17.3. The lowest BCUT2D eigenvalue weighted by Gasteiger charge is -2.33. The quantitative estimate of drug-likeness (QED) is 0.466. The van der Waals surface area contributed by atoms with Crippen molar-refractivity contribution in [3.05, 3.63) is 47.5 Å². The fraction of sp³-hybridized carbons (Fsp3) is 0.444. The number of aryl methyl sites for hydroxylation is 1. The van der Waals surface area contributed by atoms with Crippen LogP contribution in [0.1, 0.15) is 48.7 Å². The number of H-pyrrole nitrogens is 1. The highest BCUT2D eigenvalue weighted by Crippen LogP contribution is 2.38. The van der Waals surface area contributed by atoms with Crippen LogP contribution in [0, 0.1) is 18.7 Å². The van der Waals surface area contributed by atoms with Crippen molar-refractivity contribution in [3.63, 3.8) is 0 Å². The molecule has 0 bridgehead atoms. The summed E-state index contributed by atoms with van der Waals surface area (Å²) in [4.78, 5) is 34.8. The summed E-state index contributed by atoms with van der Waals surface area (Å²) >= 11 is 0. The standard InChI is InChI=1S/C27H31FN4O4/c1-15-23(26(34)31-19-8-11-32(12-9-19)27(35)16(2)33)25-24(30-15)21(7-10-29-25)20-6-5-18(28)13-22(20)36-14-17-3-4-17/h5-7,10,13,16-17,19,30,33H,3-4,8-9,11-12,14H2,1-2H3,(H,31,34)/t16-/m0/s1. The van der Waals surface area contributed by atoms with Crippen LogP contribution in [0.4, 0.5) is 4.39 Å². The molecule has 1 saturated carbocycles. The zero-order chi connectivity index (χ0) is 25.4. The Balaban J connectivity index is 1.38. The largest absolute Gasteiger partial charge is 0.493 e.